The Morgan fingerprint density at radius 2 is 1.83 bits per heavy atom. The predicted octanol–water partition coefficient (Wildman–Crippen LogP) is 6.33. The van der Waals surface area contributed by atoms with Crippen molar-refractivity contribution in [2.75, 3.05) is 5.32 Å². The average molecular weight is 495 g/mol. The van der Waals surface area contributed by atoms with Gasteiger partial charge in [-0.2, -0.15) is 0 Å². The lowest BCUT2D eigenvalue weighted by atomic mass is 10.1. The zero-order valence-electron chi connectivity index (χ0n) is 19.9. The van der Waals surface area contributed by atoms with Crippen molar-refractivity contribution in [3.63, 3.8) is 0 Å². The van der Waals surface area contributed by atoms with Gasteiger partial charge >= 0.3 is 0 Å². The standard InChI is InChI=1S/C29H24N4O2S.H2/c1-19-3-14-26-24(17-19)32-29(36-26)22-9-11-23(12-10-22)31-27(35)18-21-6-4-20(5-7-21)8-13-25(34)28-30-15-16-33(28)2;/h3-17H,18H2,1-2H3,(H,31,35);1H/b13-8+;. The molecule has 0 spiro atoms. The van der Waals surface area contributed by atoms with Crippen molar-refractivity contribution in [3.8, 4) is 10.6 Å². The van der Waals surface area contributed by atoms with Gasteiger partial charge in [-0.05, 0) is 66.1 Å². The number of amides is 1. The van der Waals surface area contributed by atoms with Crippen LogP contribution in [0, 0.1) is 6.92 Å². The van der Waals surface area contributed by atoms with E-state index < -0.39 is 0 Å². The van der Waals surface area contributed by atoms with E-state index in [0.717, 1.165) is 37.6 Å². The van der Waals surface area contributed by atoms with Gasteiger partial charge in [-0.15, -0.1) is 11.3 Å². The molecule has 6 nitrogen and oxygen atoms in total. The summed E-state index contributed by atoms with van der Waals surface area (Å²) in [6.45, 7) is 2.06. The predicted molar refractivity (Wildman–Crippen MR) is 147 cm³/mol. The van der Waals surface area contributed by atoms with Gasteiger partial charge in [-0.25, -0.2) is 9.97 Å². The summed E-state index contributed by atoms with van der Waals surface area (Å²) in [6.07, 6.45) is 6.84. The van der Waals surface area contributed by atoms with Crippen LogP contribution in [0.15, 0.2) is 85.2 Å². The number of thiazole rings is 1. The molecule has 2 heterocycles. The van der Waals surface area contributed by atoms with Crippen LogP contribution < -0.4 is 5.32 Å². The van der Waals surface area contributed by atoms with Crippen LogP contribution in [-0.4, -0.2) is 26.2 Å². The van der Waals surface area contributed by atoms with Crippen LogP contribution in [0.2, 0.25) is 0 Å². The van der Waals surface area contributed by atoms with E-state index in [4.69, 9.17) is 4.98 Å². The summed E-state index contributed by atoms with van der Waals surface area (Å²) in [7, 11) is 1.78. The van der Waals surface area contributed by atoms with Crippen molar-refractivity contribution in [2.45, 2.75) is 13.3 Å². The van der Waals surface area contributed by atoms with Gasteiger partial charge in [-0.1, -0.05) is 36.4 Å². The molecule has 0 fully saturated rings. The topological polar surface area (TPSA) is 76.9 Å². The number of fused-ring (bicyclic) bond motifs is 1. The fourth-order valence-corrected chi connectivity index (χ4v) is 4.80. The van der Waals surface area contributed by atoms with Gasteiger partial charge < -0.3 is 9.88 Å². The SMILES string of the molecule is Cc1ccc2sc(-c3ccc(NC(=O)Cc4ccc(/C=C/C(=O)c5nccn5C)cc4)cc3)nc2c1.[HH]. The van der Waals surface area contributed by atoms with Crippen molar-refractivity contribution < 1.29 is 11.0 Å². The molecule has 0 bridgehead atoms. The molecular weight excluding hydrogens is 468 g/mol. The fourth-order valence-electron chi connectivity index (χ4n) is 3.84. The van der Waals surface area contributed by atoms with Gasteiger partial charge in [-0.3, -0.25) is 9.59 Å². The van der Waals surface area contributed by atoms with Crippen LogP contribution in [0.1, 0.15) is 28.7 Å². The van der Waals surface area contributed by atoms with Crippen molar-refractivity contribution >= 4 is 45.0 Å². The molecule has 36 heavy (non-hydrogen) atoms. The molecule has 5 rings (SSSR count). The smallest absolute Gasteiger partial charge is 0.228 e. The van der Waals surface area contributed by atoms with Crippen LogP contribution in [0.25, 0.3) is 26.9 Å². The number of ketones is 1. The summed E-state index contributed by atoms with van der Waals surface area (Å²) < 4.78 is 2.85. The van der Waals surface area contributed by atoms with Gasteiger partial charge in [0.15, 0.2) is 5.82 Å². The highest BCUT2D eigenvalue weighted by Gasteiger charge is 2.09. The molecule has 2 aromatic heterocycles. The zero-order chi connectivity index (χ0) is 25.1. The lowest BCUT2D eigenvalue weighted by molar-refractivity contribution is -0.115. The van der Waals surface area contributed by atoms with E-state index in [2.05, 4.69) is 35.4 Å². The molecule has 180 valence electrons. The number of imidazole rings is 1. The summed E-state index contributed by atoms with van der Waals surface area (Å²) in [4.78, 5) is 33.6. The number of rotatable bonds is 7. The second-order valence-corrected chi connectivity index (χ2v) is 9.62. The Morgan fingerprint density at radius 1 is 1.06 bits per heavy atom. The molecule has 0 atom stereocenters. The number of hydrogen-bond acceptors (Lipinski definition) is 5. The zero-order valence-corrected chi connectivity index (χ0v) is 20.8. The first-order valence-corrected chi connectivity index (χ1v) is 12.3. The van der Waals surface area contributed by atoms with E-state index in [9.17, 15) is 9.59 Å². The number of nitrogens with zero attached hydrogens (tertiary/aromatic N) is 3. The molecule has 5 aromatic rings. The average Bonchev–Trinajstić information content (AvgIpc) is 3.49. The Morgan fingerprint density at radius 3 is 2.56 bits per heavy atom. The second-order valence-electron chi connectivity index (χ2n) is 8.59. The highest BCUT2D eigenvalue weighted by atomic mass is 32.1. The maximum Gasteiger partial charge on any atom is 0.228 e. The van der Waals surface area contributed by atoms with Crippen LogP contribution >= 0.6 is 11.3 Å². The van der Waals surface area contributed by atoms with Crippen molar-refractivity contribution in [3.05, 3.63) is 108 Å². The number of aromatic nitrogens is 3. The molecular formula is C29H26N4O2S. The van der Waals surface area contributed by atoms with E-state index in [-0.39, 0.29) is 19.5 Å². The molecule has 0 radical (unpaired) electrons. The van der Waals surface area contributed by atoms with Crippen LogP contribution in [-0.2, 0) is 18.3 Å². The van der Waals surface area contributed by atoms with Crippen molar-refractivity contribution in [1.82, 2.24) is 14.5 Å². The molecule has 7 heteroatoms. The summed E-state index contributed by atoms with van der Waals surface area (Å²) in [6, 6.07) is 21.6. The number of carbonyl (C=O) groups is 2. The number of benzene rings is 3. The maximum atomic E-state index is 12.6. The number of anilines is 1. The number of hydrogen-bond donors (Lipinski definition) is 1. The van der Waals surface area contributed by atoms with Gasteiger partial charge in [0.2, 0.25) is 11.7 Å². The minimum atomic E-state index is -0.157. The molecule has 3 aromatic carbocycles. The molecule has 0 saturated heterocycles. The van der Waals surface area contributed by atoms with E-state index in [1.54, 1.807) is 41.4 Å². The van der Waals surface area contributed by atoms with Gasteiger partial charge in [0, 0.05) is 32.1 Å². The van der Waals surface area contributed by atoms with Crippen LogP contribution in [0.3, 0.4) is 0 Å². The third-order valence-corrected chi connectivity index (χ3v) is 6.86. The van der Waals surface area contributed by atoms with E-state index in [0.29, 0.717) is 5.82 Å². The lowest BCUT2D eigenvalue weighted by Gasteiger charge is -2.06. The van der Waals surface area contributed by atoms with Crippen molar-refractivity contribution in [2.24, 2.45) is 7.05 Å². The quantitative estimate of drug-likeness (QED) is 0.212. The van der Waals surface area contributed by atoms with E-state index >= 15 is 0 Å². The summed E-state index contributed by atoms with van der Waals surface area (Å²) in [5.41, 5.74) is 5.74. The molecule has 1 amide bonds. The number of aryl methyl sites for hydroxylation is 2. The highest BCUT2D eigenvalue weighted by molar-refractivity contribution is 7.21. The Hall–Kier alpha value is -4.36. The number of carbonyl (C=O) groups excluding carboxylic acids is 2. The Bertz CT molecular complexity index is 1580. The van der Waals surface area contributed by atoms with E-state index in [1.165, 1.54) is 11.6 Å². The normalized spacial score (nSPS) is 11.3. The maximum absolute atomic E-state index is 12.6. The third-order valence-electron chi connectivity index (χ3n) is 5.77. The fraction of sp³-hybridized carbons (Fsp3) is 0.103. The number of allylic oxidation sites excluding steroid dienone is 1. The monoisotopic (exact) mass is 494 g/mol. The first-order valence-electron chi connectivity index (χ1n) is 11.5. The summed E-state index contributed by atoms with van der Waals surface area (Å²) in [5.74, 6) is 0.143. The largest absolute Gasteiger partial charge is 0.331 e. The number of nitrogens with one attached hydrogen (secondary N) is 1. The molecule has 0 saturated carbocycles. The second kappa shape index (κ2) is 10.1. The summed E-state index contributed by atoms with van der Waals surface area (Å²) in [5, 5.41) is 3.92. The molecule has 1 N–H and O–H groups in total. The molecule has 0 unspecified atom stereocenters. The molecule has 0 aliphatic rings. The minimum absolute atomic E-state index is 0. The molecule has 0 aliphatic heterocycles. The highest BCUT2D eigenvalue weighted by Crippen LogP contribution is 2.31. The van der Waals surface area contributed by atoms with Gasteiger partial charge in [0.05, 0.1) is 16.6 Å². The first-order chi connectivity index (χ1) is 17.4. The van der Waals surface area contributed by atoms with Crippen LogP contribution in [0.5, 0.6) is 0 Å². The first kappa shape index (κ1) is 23.4. The van der Waals surface area contributed by atoms with E-state index in [1.807, 2.05) is 48.5 Å². The Kier molecular flexibility index (Phi) is 6.56. The van der Waals surface area contributed by atoms with Crippen LogP contribution in [0.4, 0.5) is 5.69 Å². The minimum Gasteiger partial charge on any atom is -0.331 e. The third kappa shape index (κ3) is 5.31. The molecule has 0 aliphatic carbocycles. The Balaban J connectivity index is 0.00000320. The lowest BCUT2D eigenvalue weighted by Crippen LogP contribution is -2.14. The van der Waals surface area contributed by atoms with Gasteiger partial charge in [0.25, 0.3) is 0 Å². The Labute approximate surface area is 214 Å². The van der Waals surface area contributed by atoms with Gasteiger partial charge in [0.1, 0.15) is 5.01 Å². The van der Waals surface area contributed by atoms with Crippen molar-refractivity contribution in [1.29, 1.82) is 0 Å². The summed E-state index contributed by atoms with van der Waals surface area (Å²) >= 11 is 1.66.